The molecule has 0 aliphatic carbocycles. The summed E-state index contributed by atoms with van der Waals surface area (Å²) in [6.07, 6.45) is 0. The standard InChI is InChI=1S/C20H14Br2N2O/c21-14-11-15-19(17(22)18(14)23)24-20(25-15)16(12-7-3-1-4-8-12)13-9-5-2-6-10-13/h1-11,16H,23H2. The Morgan fingerprint density at radius 2 is 1.44 bits per heavy atom. The molecule has 4 aromatic rings. The van der Waals surface area contributed by atoms with Gasteiger partial charge in [-0.3, -0.25) is 0 Å². The van der Waals surface area contributed by atoms with Crippen LogP contribution in [0, 0.1) is 0 Å². The second-order valence-corrected chi connectivity index (χ2v) is 7.39. The van der Waals surface area contributed by atoms with Crippen molar-refractivity contribution in [3.05, 3.63) is 92.7 Å². The molecule has 3 aromatic carbocycles. The van der Waals surface area contributed by atoms with E-state index < -0.39 is 0 Å². The Balaban J connectivity index is 1.94. The molecule has 4 rings (SSSR count). The lowest BCUT2D eigenvalue weighted by Crippen LogP contribution is -2.03. The largest absolute Gasteiger partial charge is 0.440 e. The fraction of sp³-hybridized carbons (Fsp3) is 0.0500. The van der Waals surface area contributed by atoms with E-state index in [1.807, 2.05) is 42.5 Å². The van der Waals surface area contributed by atoms with Crippen LogP contribution in [0.5, 0.6) is 0 Å². The number of oxazole rings is 1. The van der Waals surface area contributed by atoms with Crippen molar-refractivity contribution in [3.63, 3.8) is 0 Å². The lowest BCUT2D eigenvalue weighted by Gasteiger charge is -2.14. The molecule has 0 aliphatic heterocycles. The van der Waals surface area contributed by atoms with Crippen molar-refractivity contribution in [1.82, 2.24) is 4.98 Å². The number of anilines is 1. The lowest BCUT2D eigenvalue weighted by atomic mass is 9.91. The number of benzene rings is 3. The van der Waals surface area contributed by atoms with Gasteiger partial charge in [-0.25, -0.2) is 4.98 Å². The predicted octanol–water partition coefficient (Wildman–Crippen LogP) is 6.12. The van der Waals surface area contributed by atoms with Gasteiger partial charge < -0.3 is 10.2 Å². The number of nitrogen functional groups attached to an aromatic ring is 1. The molecule has 25 heavy (non-hydrogen) atoms. The molecule has 0 saturated heterocycles. The van der Waals surface area contributed by atoms with E-state index in [0.717, 1.165) is 25.6 Å². The molecule has 0 spiro atoms. The summed E-state index contributed by atoms with van der Waals surface area (Å²) in [6, 6.07) is 22.3. The van der Waals surface area contributed by atoms with Crippen LogP contribution in [0.4, 0.5) is 5.69 Å². The Kier molecular flexibility index (Phi) is 4.36. The van der Waals surface area contributed by atoms with Gasteiger partial charge in [0, 0.05) is 4.47 Å². The number of nitrogens with two attached hydrogens (primary N) is 1. The minimum atomic E-state index is -0.0818. The first-order chi connectivity index (χ1) is 12.1. The van der Waals surface area contributed by atoms with Gasteiger partial charge in [0.15, 0.2) is 5.58 Å². The van der Waals surface area contributed by atoms with Crippen molar-refractivity contribution in [3.8, 4) is 0 Å². The van der Waals surface area contributed by atoms with Crippen molar-refractivity contribution >= 4 is 48.6 Å². The molecule has 0 amide bonds. The zero-order chi connectivity index (χ0) is 17.4. The van der Waals surface area contributed by atoms with Crippen LogP contribution in [0.25, 0.3) is 11.1 Å². The van der Waals surface area contributed by atoms with E-state index in [1.165, 1.54) is 0 Å². The first-order valence-electron chi connectivity index (χ1n) is 7.79. The summed E-state index contributed by atoms with van der Waals surface area (Å²) < 4.78 is 7.65. The Hall–Kier alpha value is -2.11. The highest BCUT2D eigenvalue weighted by atomic mass is 79.9. The number of halogens is 2. The van der Waals surface area contributed by atoms with Crippen molar-refractivity contribution < 1.29 is 4.42 Å². The maximum Gasteiger partial charge on any atom is 0.207 e. The fourth-order valence-corrected chi connectivity index (χ4v) is 4.09. The second-order valence-electron chi connectivity index (χ2n) is 5.74. The number of rotatable bonds is 3. The van der Waals surface area contributed by atoms with Gasteiger partial charge in [-0.15, -0.1) is 0 Å². The van der Waals surface area contributed by atoms with Gasteiger partial charge >= 0.3 is 0 Å². The summed E-state index contributed by atoms with van der Waals surface area (Å²) >= 11 is 6.99. The highest BCUT2D eigenvalue weighted by molar-refractivity contribution is 9.11. The molecule has 0 aliphatic rings. The lowest BCUT2D eigenvalue weighted by molar-refractivity contribution is 0.522. The normalized spacial score (nSPS) is 11.3. The smallest absolute Gasteiger partial charge is 0.207 e. The number of fused-ring (bicyclic) bond motifs is 1. The monoisotopic (exact) mass is 456 g/mol. The topological polar surface area (TPSA) is 52.0 Å². The number of aromatic nitrogens is 1. The van der Waals surface area contributed by atoms with E-state index in [0.29, 0.717) is 17.2 Å². The van der Waals surface area contributed by atoms with E-state index in [9.17, 15) is 0 Å². The third-order valence-electron chi connectivity index (χ3n) is 4.14. The third-order valence-corrected chi connectivity index (χ3v) is 5.60. The van der Waals surface area contributed by atoms with E-state index in [-0.39, 0.29) is 5.92 Å². The highest BCUT2D eigenvalue weighted by Gasteiger charge is 2.24. The molecule has 0 fully saturated rings. The SMILES string of the molecule is Nc1c(Br)cc2oc(C(c3ccccc3)c3ccccc3)nc2c1Br. The van der Waals surface area contributed by atoms with Gasteiger partial charge in [0.05, 0.1) is 16.1 Å². The summed E-state index contributed by atoms with van der Waals surface area (Å²) in [5.74, 6) is 0.562. The van der Waals surface area contributed by atoms with Crippen LogP contribution in [0.15, 0.2) is 80.1 Å². The van der Waals surface area contributed by atoms with E-state index in [2.05, 4.69) is 56.1 Å². The zero-order valence-electron chi connectivity index (χ0n) is 13.1. The van der Waals surface area contributed by atoms with Crippen LogP contribution >= 0.6 is 31.9 Å². The quantitative estimate of drug-likeness (QED) is 0.377. The Labute approximate surface area is 162 Å². The molecule has 0 bridgehead atoms. The molecule has 124 valence electrons. The Bertz CT molecular complexity index is 990. The number of nitrogens with zero attached hydrogens (tertiary/aromatic N) is 1. The molecular weight excluding hydrogens is 444 g/mol. The average molecular weight is 458 g/mol. The summed E-state index contributed by atoms with van der Waals surface area (Å²) in [4.78, 5) is 4.75. The summed E-state index contributed by atoms with van der Waals surface area (Å²) in [5, 5.41) is 0. The molecule has 0 atom stereocenters. The molecule has 2 N–H and O–H groups in total. The molecule has 0 unspecified atom stereocenters. The molecule has 0 saturated carbocycles. The fourth-order valence-electron chi connectivity index (χ4n) is 2.92. The van der Waals surface area contributed by atoms with E-state index in [4.69, 9.17) is 15.1 Å². The molecule has 3 nitrogen and oxygen atoms in total. The Morgan fingerprint density at radius 3 is 2.00 bits per heavy atom. The van der Waals surface area contributed by atoms with Crippen LogP contribution in [0.1, 0.15) is 22.9 Å². The predicted molar refractivity (Wildman–Crippen MR) is 108 cm³/mol. The van der Waals surface area contributed by atoms with Crippen LogP contribution < -0.4 is 5.73 Å². The Morgan fingerprint density at radius 1 is 0.880 bits per heavy atom. The van der Waals surface area contributed by atoms with Gasteiger partial charge in [0.1, 0.15) is 5.52 Å². The summed E-state index contributed by atoms with van der Waals surface area (Å²) in [7, 11) is 0. The maximum absolute atomic E-state index is 6.13. The van der Waals surface area contributed by atoms with Crippen LogP contribution in [-0.4, -0.2) is 4.98 Å². The average Bonchev–Trinajstić information content (AvgIpc) is 3.05. The van der Waals surface area contributed by atoms with Gasteiger partial charge in [-0.05, 0) is 49.1 Å². The molecule has 1 heterocycles. The van der Waals surface area contributed by atoms with Gasteiger partial charge in [-0.2, -0.15) is 0 Å². The number of hydrogen-bond donors (Lipinski definition) is 1. The summed E-state index contributed by atoms with van der Waals surface area (Å²) in [5.41, 5.74) is 10.4. The van der Waals surface area contributed by atoms with E-state index in [1.54, 1.807) is 0 Å². The van der Waals surface area contributed by atoms with Crippen molar-refractivity contribution in [2.24, 2.45) is 0 Å². The van der Waals surface area contributed by atoms with Crippen LogP contribution in [-0.2, 0) is 0 Å². The van der Waals surface area contributed by atoms with Crippen molar-refractivity contribution in [2.45, 2.75) is 5.92 Å². The van der Waals surface area contributed by atoms with Crippen molar-refractivity contribution in [1.29, 1.82) is 0 Å². The molecule has 0 radical (unpaired) electrons. The van der Waals surface area contributed by atoms with Gasteiger partial charge in [0.25, 0.3) is 0 Å². The van der Waals surface area contributed by atoms with E-state index >= 15 is 0 Å². The van der Waals surface area contributed by atoms with Crippen LogP contribution in [0.3, 0.4) is 0 Å². The van der Waals surface area contributed by atoms with Gasteiger partial charge in [-0.1, -0.05) is 60.7 Å². The zero-order valence-corrected chi connectivity index (χ0v) is 16.3. The van der Waals surface area contributed by atoms with Crippen molar-refractivity contribution in [2.75, 3.05) is 5.73 Å². The maximum atomic E-state index is 6.13. The number of hydrogen-bond acceptors (Lipinski definition) is 3. The first kappa shape index (κ1) is 16.4. The second kappa shape index (κ2) is 6.65. The van der Waals surface area contributed by atoms with Crippen LogP contribution in [0.2, 0.25) is 0 Å². The minimum Gasteiger partial charge on any atom is -0.440 e. The first-order valence-corrected chi connectivity index (χ1v) is 9.37. The minimum absolute atomic E-state index is 0.0818. The molecule has 5 heteroatoms. The molecule has 1 aromatic heterocycles. The third kappa shape index (κ3) is 2.98. The molecular formula is C20H14Br2N2O. The summed E-state index contributed by atoms with van der Waals surface area (Å²) in [6.45, 7) is 0. The highest BCUT2D eigenvalue weighted by Crippen LogP contribution is 2.39. The van der Waals surface area contributed by atoms with Gasteiger partial charge in [0.2, 0.25) is 5.89 Å².